The molecule has 3 aromatic carbocycles. The fourth-order valence-corrected chi connectivity index (χ4v) is 4.36. The summed E-state index contributed by atoms with van der Waals surface area (Å²) < 4.78 is 0. The fraction of sp³-hybridized carbons (Fsp3) is 0.0909. The van der Waals surface area contributed by atoms with Gasteiger partial charge in [-0.2, -0.15) is 10.5 Å². The molecule has 24 heavy (non-hydrogen) atoms. The van der Waals surface area contributed by atoms with Crippen LogP contribution in [0.5, 0.6) is 0 Å². The highest BCUT2D eigenvalue weighted by Gasteiger charge is 2.41. The summed E-state index contributed by atoms with van der Waals surface area (Å²) in [6, 6.07) is 25.1. The molecule has 3 aliphatic rings. The predicted molar refractivity (Wildman–Crippen MR) is 90.6 cm³/mol. The van der Waals surface area contributed by atoms with E-state index < -0.39 is 0 Å². The second-order valence-corrected chi connectivity index (χ2v) is 6.41. The summed E-state index contributed by atoms with van der Waals surface area (Å²) in [6.07, 6.45) is 0. The van der Waals surface area contributed by atoms with Crippen molar-refractivity contribution in [1.82, 2.24) is 0 Å². The molecule has 6 rings (SSSR count). The van der Waals surface area contributed by atoms with Crippen molar-refractivity contribution < 1.29 is 0 Å². The molecule has 3 aliphatic carbocycles. The first kappa shape index (κ1) is 13.1. The molecule has 0 atom stereocenters. The first-order chi connectivity index (χ1) is 11.8. The molecular weight excluding hydrogens is 292 g/mol. The standard InChI is InChI=1S/C22H12N2/c23-11-13-5-7-17-19(9-13)22-16-4-2-1-3-15(16)21(17)18-8-6-14(12-24)10-20(18)22/h1-10,21-22H. The second-order valence-electron chi connectivity index (χ2n) is 6.41. The third-order valence-electron chi connectivity index (χ3n) is 5.29. The quantitative estimate of drug-likeness (QED) is 0.425. The maximum atomic E-state index is 9.29. The molecule has 0 fully saturated rings. The lowest BCUT2D eigenvalue weighted by atomic mass is 9.61. The fourth-order valence-electron chi connectivity index (χ4n) is 4.36. The van der Waals surface area contributed by atoms with E-state index >= 15 is 0 Å². The van der Waals surface area contributed by atoms with Crippen molar-refractivity contribution in [2.24, 2.45) is 0 Å². The van der Waals surface area contributed by atoms with E-state index in [4.69, 9.17) is 0 Å². The van der Waals surface area contributed by atoms with Gasteiger partial charge >= 0.3 is 0 Å². The third kappa shape index (κ3) is 1.53. The van der Waals surface area contributed by atoms with Crippen LogP contribution in [0, 0.1) is 22.7 Å². The molecule has 0 aliphatic heterocycles. The van der Waals surface area contributed by atoms with Crippen molar-refractivity contribution in [3.05, 3.63) is 105 Å². The van der Waals surface area contributed by atoms with Crippen molar-refractivity contribution in [3.8, 4) is 12.1 Å². The van der Waals surface area contributed by atoms with Crippen LogP contribution >= 0.6 is 0 Å². The minimum absolute atomic E-state index is 0.109. The summed E-state index contributed by atoms with van der Waals surface area (Å²) in [4.78, 5) is 0. The van der Waals surface area contributed by atoms with Crippen LogP contribution in [0.25, 0.3) is 0 Å². The molecular formula is C22H12N2. The lowest BCUT2D eigenvalue weighted by Crippen LogP contribution is -2.27. The SMILES string of the molecule is N#Cc1ccc2c(c1)C1c3ccccc3C2c2ccc(C#N)cc21. The van der Waals surface area contributed by atoms with Gasteiger partial charge in [0.25, 0.3) is 0 Å². The Labute approximate surface area is 140 Å². The topological polar surface area (TPSA) is 47.6 Å². The molecule has 2 bridgehead atoms. The maximum absolute atomic E-state index is 9.29. The lowest BCUT2D eigenvalue weighted by molar-refractivity contribution is 0.753. The van der Waals surface area contributed by atoms with Gasteiger partial charge in [-0.15, -0.1) is 0 Å². The second kappa shape index (κ2) is 4.57. The summed E-state index contributed by atoms with van der Waals surface area (Å²) in [5, 5.41) is 18.6. The maximum Gasteiger partial charge on any atom is 0.0991 e. The number of benzene rings is 3. The molecule has 0 unspecified atom stereocenters. The molecule has 110 valence electrons. The molecule has 0 N–H and O–H groups in total. The van der Waals surface area contributed by atoms with E-state index in [2.05, 4.69) is 48.5 Å². The minimum Gasteiger partial charge on any atom is -0.192 e. The van der Waals surface area contributed by atoms with E-state index in [-0.39, 0.29) is 11.8 Å². The van der Waals surface area contributed by atoms with Gasteiger partial charge in [0, 0.05) is 11.8 Å². The smallest absolute Gasteiger partial charge is 0.0991 e. The number of nitrogens with zero attached hydrogens (tertiary/aromatic N) is 2. The van der Waals surface area contributed by atoms with Crippen LogP contribution in [0.15, 0.2) is 60.7 Å². The van der Waals surface area contributed by atoms with Crippen LogP contribution in [0.1, 0.15) is 56.3 Å². The monoisotopic (exact) mass is 304 g/mol. The third-order valence-corrected chi connectivity index (χ3v) is 5.29. The van der Waals surface area contributed by atoms with Gasteiger partial charge in [0.05, 0.1) is 23.3 Å². The molecule has 0 saturated heterocycles. The highest BCUT2D eigenvalue weighted by molar-refractivity contribution is 5.69. The van der Waals surface area contributed by atoms with Gasteiger partial charge in [0.15, 0.2) is 0 Å². The molecule has 0 saturated carbocycles. The Morgan fingerprint density at radius 1 is 0.542 bits per heavy atom. The first-order valence-electron chi connectivity index (χ1n) is 7.98. The van der Waals surface area contributed by atoms with Crippen LogP contribution in [0.3, 0.4) is 0 Å². The van der Waals surface area contributed by atoms with Crippen LogP contribution in [0.4, 0.5) is 0 Å². The zero-order valence-electron chi connectivity index (χ0n) is 12.8. The Hall–Kier alpha value is -3.36. The normalized spacial score (nSPS) is 18.8. The summed E-state index contributed by atoms with van der Waals surface area (Å²) in [5.41, 5.74) is 9.02. The van der Waals surface area contributed by atoms with Crippen molar-refractivity contribution in [2.75, 3.05) is 0 Å². The van der Waals surface area contributed by atoms with Gasteiger partial charge in [-0.1, -0.05) is 36.4 Å². The molecule has 3 aromatic rings. The summed E-state index contributed by atoms with van der Waals surface area (Å²) in [6.45, 7) is 0. The van der Waals surface area contributed by atoms with Gasteiger partial charge in [-0.05, 0) is 57.6 Å². The van der Waals surface area contributed by atoms with E-state index in [1.807, 2.05) is 24.3 Å². The summed E-state index contributed by atoms with van der Waals surface area (Å²) in [5.74, 6) is 0.300. The van der Waals surface area contributed by atoms with Gasteiger partial charge < -0.3 is 0 Å². The zero-order valence-corrected chi connectivity index (χ0v) is 12.8. The van der Waals surface area contributed by atoms with Gasteiger partial charge in [0.2, 0.25) is 0 Å². The Morgan fingerprint density at radius 2 is 0.958 bits per heavy atom. The van der Waals surface area contributed by atoms with Crippen molar-refractivity contribution >= 4 is 0 Å². The minimum atomic E-state index is 0.109. The zero-order chi connectivity index (χ0) is 16.3. The Balaban J connectivity index is 1.88. The van der Waals surface area contributed by atoms with Crippen LogP contribution in [0.2, 0.25) is 0 Å². The average molecular weight is 304 g/mol. The van der Waals surface area contributed by atoms with E-state index in [9.17, 15) is 10.5 Å². The molecule has 2 heteroatoms. The molecule has 0 heterocycles. The summed E-state index contributed by atoms with van der Waals surface area (Å²) in [7, 11) is 0. The average Bonchev–Trinajstić information content (AvgIpc) is 2.66. The van der Waals surface area contributed by atoms with Gasteiger partial charge in [0.1, 0.15) is 0 Å². The van der Waals surface area contributed by atoms with Gasteiger partial charge in [-0.25, -0.2) is 0 Å². The number of nitriles is 2. The first-order valence-corrected chi connectivity index (χ1v) is 7.98. The van der Waals surface area contributed by atoms with Crippen LogP contribution in [-0.2, 0) is 0 Å². The number of rotatable bonds is 0. The molecule has 2 nitrogen and oxygen atoms in total. The van der Waals surface area contributed by atoms with E-state index in [1.165, 1.54) is 33.4 Å². The van der Waals surface area contributed by atoms with Crippen molar-refractivity contribution in [1.29, 1.82) is 10.5 Å². The van der Waals surface area contributed by atoms with Crippen LogP contribution < -0.4 is 0 Å². The molecule has 0 aromatic heterocycles. The number of hydrogen-bond donors (Lipinski definition) is 0. The number of hydrogen-bond acceptors (Lipinski definition) is 2. The Morgan fingerprint density at radius 3 is 1.42 bits per heavy atom. The Kier molecular flexibility index (Phi) is 2.50. The largest absolute Gasteiger partial charge is 0.192 e. The summed E-state index contributed by atoms with van der Waals surface area (Å²) >= 11 is 0. The molecule has 0 radical (unpaired) electrons. The van der Waals surface area contributed by atoms with Gasteiger partial charge in [-0.3, -0.25) is 0 Å². The van der Waals surface area contributed by atoms with Crippen molar-refractivity contribution in [2.45, 2.75) is 11.8 Å². The van der Waals surface area contributed by atoms with E-state index in [1.54, 1.807) is 0 Å². The highest BCUT2D eigenvalue weighted by atomic mass is 14.4. The highest BCUT2D eigenvalue weighted by Crippen LogP contribution is 2.55. The van der Waals surface area contributed by atoms with Crippen LogP contribution in [-0.4, -0.2) is 0 Å². The van der Waals surface area contributed by atoms with Crippen molar-refractivity contribution in [3.63, 3.8) is 0 Å². The molecule has 0 spiro atoms. The van der Waals surface area contributed by atoms with E-state index in [0.29, 0.717) is 11.1 Å². The Bertz CT molecular complexity index is 1030. The molecule has 0 amide bonds. The lowest BCUT2D eigenvalue weighted by Gasteiger charge is -2.42. The van der Waals surface area contributed by atoms with E-state index in [0.717, 1.165) is 0 Å². The predicted octanol–water partition coefficient (Wildman–Crippen LogP) is 4.42.